The van der Waals surface area contributed by atoms with Gasteiger partial charge in [-0.1, -0.05) is 48.9 Å². The molecular weight excluding hydrogens is 454 g/mol. The van der Waals surface area contributed by atoms with E-state index < -0.39 is 22.0 Å². The maximum absolute atomic E-state index is 12.7. The Morgan fingerprint density at radius 1 is 1.19 bits per heavy atom. The molecule has 0 saturated carbocycles. The summed E-state index contributed by atoms with van der Waals surface area (Å²) in [6, 6.07) is 11.2. The van der Waals surface area contributed by atoms with Gasteiger partial charge >= 0.3 is 0 Å². The Morgan fingerprint density at radius 3 is 2.47 bits per heavy atom. The molecule has 0 unspecified atom stereocenters. The topological polar surface area (TPSA) is 130 Å². The van der Waals surface area contributed by atoms with E-state index in [0.717, 1.165) is 12.0 Å². The molecule has 2 aromatic rings. The molecule has 0 aromatic heterocycles. The van der Waals surface area contributed by atoms with Crippen LogP contribution in [0.25, 0.3) is 11.1 Å². The van der Waals surface area contributed by atoms with Crippen molar-refractivity contribution in [3.63, 3.8) is 0 Å². The van der Waals surface area contributed by atoms with Crippen molar-refractivity contribution in [1.82, 2.24) is 9.62 Å². The quantitative estimate of drug-likeness (QED) is 0.477. The third-order valence-electron chi connectivity index (χ3n) is 4.70. The van der Waals surface area contributed by atoms with Crippen molar-refractivity contribution in [2.24, 2.45) is 5.73 Å². The van der Waals surface area contributed by atoms with Gasteiger partial charge in [0.2, 0.25) is 5.91 Å². The Morgan fingerprint density at radius 2 is 1.88 bits per heavy atom. The highest BCUT2D eigenvalue weighted by Gasteiger charge is 2.24. The molecule has 0 saturated heterocycles. The van der Waals surface area contributed by atoms with Crippen molar-refractivity contribution in [3.8, 4) is 11.1 Å². The van der Waals surface area contributed by atoms with E-state index in [0.29, 0.717) is 42.2 Å². The first kappa shape index (κ1) is 25.8. The first-order chi connectivity index (χ1) is 15.1. The van der Waals surface area contributed by atoms with Gasteiger partial charge in [0, 0.05) is 42.2 Å². The molecular formula is C22H28ClN3O5S. The smallest absolute Gasteiger partial charge is 0.264 e. The number of halogens is 1. The molecule has 2 rings (SSSR count). The second-order valence-electron chi connectivity index (χ2n) is 7.31. The van der Waals surface area contributed by atoms with Gasteiger partial charge in [0.1, 0.15) is 6.10 Å². The average molecular weight is 482 g/mol. The van der Waals surface area contributed by atoms with Crippen LogP contribution in [0.15, 0.2) is 47.4 Å². The van der Waals surface area contributed by atoms with Crippen molar-refractivity contribution in [3.05, 3.63) is 53.1 Å². The fourth-order valence-corrected chi connectivity index (χ4v) is 4.69. The van der Waals surface area contributed by atoms with Gasteiger partial charge in [-0.05, 0) is 31.0 Å². The number of nitrogens with two attached hydrogens (primary N) is 1. The van der Waals surface area contributed by atoms with Gasteiger partial charge in [-0.2, -0.15) is 0 Å². The number of aliphatic hydroxyl groups excluding tert-OH is 1. The summed E-state index contributed by atoms with van der Waals surface area (Å²) in [5, 5.41) is 9.64. The summed E-state index contributed by atoms with van der Waals surface area (Å²) in [5.74, 6) is -1.03. The zero-order chi connectivity index (χ0) is 23.9. The lowest BCUT2D eigenvalue weighted by molar-refractivity contribution is -0.131. The molecule has 0 bridgehead atoms. The van der Waals surface area contributed by atoms with E-state index in [9.17, 15) is 23.1 Å². The highest BCUT2D eigenvalue weighted by molar-refractivity contribution is 7.90. The lowest BCUT2D eigenvalue weighted by atomic mass is 10.0. The SMILES string of the molecule is CCCC(=O)N(CCN)Cc1ccc(-c2ccccc2S(=O)(=O)NC(=O)[C@H](C)O)c(Cl)c1. The summed E-state index contributed by atoms with van der Waals surface area (Å²) in [6.07, 6.45) is -0.321. The molecule has 0 aliphatic carbocycles. The molecule has 8 nitrogen and oxygen atoms in total. The molecule has 32 heavy (non-hydrogen) atoms. The largest absolute Gasteiger partial charge is 0.384 e. The number of nitrogens with one attached hydrogen (secondary N) is 1. The Kier molecular flexibility index (Phi) is 9.21. The minimum absolute atomic E-state index is 0.00319. The normalized spacial score (nSPS) is 12.3. The Bertz CT molecular complexity index is 1070. The van der Waals surface area contributed by atoms with Gasteiger partial charge in [0.05, 0.1) is 4.90 Å². The number of hydrogen-bond donors (Lipinski definition) is 3. The molecule has 0 fully saturated rings. The van der Waals surface area contributed by atoms with Crippen LogP contribution in [0.5, 0.6) is 0 Å². The van der Waals surface area contributed by atoms with Crippen LogP contribution < -0.4 is 10.5 Å². The Balaban J connectivity index is 2.39. The van der Waals surface area contributed by atoms with E-state index in [-0.39, 0.29) is 10.8 Å². The second-order valence-corrected chi connectivity index (χ2v) is 9.37. The number of rotatable bonds is 10. The van der Waals surface area contributed by atoms with Gasteiger partial charge in [0.15, 0.2) is 0 Å². The van der Waals surface area contributed by atoms with Crippen molar-refractivity contribution >= 4 is 33.4 Å². The lowest BCUT2D eigenvalue weighted by Gasteiger charge is -2.22. The zero-order valence-corrected chi connectivity index (χ0v) is 19.6. The fraction of sp³-hybridized carbons (Fsp3) is 0.364. The van der Waals surface area contributed by atoms with E-state index in [1.165, 1.54) is 19.1 Å². The Labute approximate surface area is 193 Å². The van der Waals surface area contributed by atoms with E-state index >= 15 is 0 Å². The molecule has 0 aliphatic rings. The summed E-state index contributed by atoms with van der Waals surface area (Å²) in [6.45, 7) is 4.19. The summed E-state index contributed by atoms with van der Waals surface area (Å²) in [5.41, 5.74) is 7.16. The standard InChI is InChI=1S/C22H28ClN3O5S/c1-3-6-21(28)26(12-11-24)14-16-9-10-17(19(23)13-16)18-7-4-5-8-20(18)32(30,31)25-22(29)15(2)27/h4-5,7-10,13,15,27H,3,6,11-12,14,24H2,1-2H3,(H,25,29)/t15-/m0/s1. The van der Waals surface area contributed by atoms with E-state index in [1.807, 2.05) is 11.6 Å². The molecule has 0 aliphatic heterocycles. The first-order valence-electron chi connectivity index (χ1n) is 10.2. The second kappa shape index (κ2) is 11.4. The molecule has 174 valence electrons. The number of amides is 2. The molecule has 4 N–H and O–H groups in total. The van der Waals surface area contributed by atoms with Gasteiger partial charge in [0.25, 0.3) is 15.9 Å². The third kappa shape index (κ3) is 6.52. The number of aliphatic hydroxyl groups is 1. The van der Waals surface area contributed by atoms with Gasteiger partial charge in [-0.15, -0.1) is 0 Å². The molecule has 1 atom stereocenters. The maximum atomic E-state index is 12.7. The molecule has 2 amide bonds. The van der Waals surface area contributed by atoms with Gasteiger partial charge < -0.3 is 15.7 Å². The minimum Gasteiger partial charge on any atom is -0.384 e. The van der Waals surface area contributed by atoms with Crippen molar-refractivity contribution in [2.75, 3.05) is 13.1 Å². The molecule has 0 spiro atoms. The lowest BCUT2D eigenvalue weighted by Crippen LogP contribution is -2.37. The van der Waals surface area contributed by atoms with Crippen molar-refractivity contribution in [2.45, 2.75) is 44.2 Å². The summed E-state index contributed by atoms with van der Waals surface area (Å²) < 4.78 is 27.3. The average Bonchev–Trinajstić information content (AvgIpc) is 2.73. The highest BCUT2D eigenvalue weighted by Crippen LogP contribution is 2.33. The van der Waals surface area contributed by atoms with Crippen LogP contribution in [0.4, 0.5) is 0 Å². The molecule has 0 radical (unpaired) electrons. The van der Waals surface area contributed by atoms with E-state index in [1.54, 1.807) is 35.2 Å². The number of nitrogens with zero attached hydrogens (tertiary/aromatic N) is 1. The maximum Gasteiger partial charge on any atom is 0.264 e. The third-order valence-corrected chi connectivity index (χ3v) is 6.42. The van der Waals surface area contributed by atoms with E-state index in [2.05, 4.69) is 0 Å². The number of hydrogen-bond acceptors (Lipinski definition) is 6. The number of benzene rings is 2. The molecule has 10 heteroatoms. The summed E-state index contributed by atoms with van der Waals surface area (Å²) in [4.78, 5) is 25.6. The van der Waals surface area contributed by atoms with Crippen LogP contribution in [-0.2, 0) is 26.2 Å². The van der Waals surface area contributed by atoms with E-state index in [4.69, 9.17) is 17.3 Å². The van der Waals surface area contributed by atoms with Crippen LogP contribution in [0.1, 0.15) is 32.3 Å². The summed E-state index contributed by atoms with van der Waals surface area (Å²) >= 11 is 6.49. The molecule has 2 aromatic carbocycles. The Hall–Kier alpha value is -2.46. The predicted octanol–water partition coefficient (Wildman–Crippen LogP) is 2.28. The fourth-order valence-electron chi connectivity index (χ4n) is 3.11. The number of carbonyl (C=O) groups excluding carboxylic acids is 2. The monoisotopic (exact) mass is 481 g/mol. The molecule has 0 heterocycles. The van der Waals surface area contributed by atoms with Crippen molar-refractivity contribution in [1.29, 1.82) is 0 Å². The predicted molar refractivity (Wildman–Crippen MR) is 123 cm³/mol. The van der Waals surface area contributed by atoms with Crippen LogP contribution in [-0.4, -0.2) is 49.4 Å². The van der Waals surface area contributed by atoms with Gasteiger partial charge in [-0.25, -0.2) is 13.1 Å². The first-order valence-corrected chi connectivity index (χ1v) is 12.1. The van der Waals surface area contributed by atoms with Crippen LogP contribution in [0, 0.1) is 0 Å². The minimum atomic E-state index is -4.24. The van der Waals surface area contributed by atoms with Crippen LogP contribution >= 0.6 is 11.6 Å². The van der Waals surface area contributed by atoms with Crippen molar-refractivity contribution < 1.29 is 23.1 Å². The number of carbonyl (C=O) groups is 2. The van der Waals surface area contributed by atoms with Gasteiger partial charge in [-0.3, -0.25) is 9.59 Å². The summed E-state index contributed by atoms with van der Waals surface area (Å²) in [7, 11) is -4.24. The zero-order valence-electron chi connectivity index (χ0n) is 18.0. The highest BCUT2D eigenvalue weighted by atomic mass is 35.5. The van der Waals surface area contributed by atoms with Crippen LogP contribution in [0.3, 0.4) is 0 Å². The van der Waals surface area contributed by atoms with Crippen LogP contribution in [0.2, 0.25) is 5.02 Å². The number of sulfonamides is 1.